The van der Waals surface area contributed by atoms with E-state index in [0.29, 0.717) is 19.1 Å². The van der Waals surface area contributed by atoms with Gasteiger partial charge in [-0.25, -0.2) is 4.72 Å². The molecule has 1 heterocycles. The van der Waals surface area contributed by atoms with Gasteiger partial charge in [0.2, 0.25) is 0 Å². The number of hydrogen-bond acceptors (Lipinski definition) is 4. The quantitative estimate of drug-likeness (QED) is 0.645. The molecule has 124 valence electrons. The maximum atomic E-state index is 12.5. The molecular formula is C14H30N4O2S. The molecule has 6 nitrogen and oxygen atoms in total. The summed E-state index contributed by atoms with van der Waals surface area (Å²) in [6.07, 6.45) is 5.54. The summed E-state index contributed by atoms with van der Waals surface area (Å²) in [4.78, 5) is 2.10. The molecular weight excluding hydrogens is 288 g/mol. The predicted molar refractivity (Wildman–Crippen MR) is 85.5 cm³/mol. The molecule has 2 fully saturated rings. The van der Waals surface area contributed by atoms with Gasteiger partial charge < -0.3 is 10.2 Å². The van der Waals surface area contributed by atoms with Gasteiger partial charge in [-0.05, 0) is 39.3 Å². The SMILES string of the molecule is CCN(C)CCNS(=O)(=O)N1CCCCC1CNC1CC1. The molecule has 7 heteroatoms. The Hall–Kier alpha value is -0.210. The topological polar surface area (TPSA) is 64.7 Å². The van der Waals surface area contributed by atoms with Gasteiger partial charge in [-0.2, -0.15) is 12.7 Å². The highest BCUT2D eigenvalue weighted by Crippen LogP contribution is 2.22. The number of nitrogens with one attached hydrogen (secondary N) is 2. The Kier molecular flexibility index (Phi) is 6.43. The smallest absolute Gasteiger partial charge is 0.279 e. The first-order chi connectivity index (χ1) is 10.0. The van der Waals surface area contributed by atoms with Crippen molar-refractivity contribution in [3.63, 3.8) is 0 Å². The predicted octanol–water partition coefficient (Wildman–Crippen LogP) is 0.379. The zero-order valence-corrected chi connectivity index (χ0v) is 14.2. The number of rotatable bonds is 9. The van der Waals surface area contributed by atoms with Crippen molar-refractivity contribution in [3.8, 4) is 0 Å². The second-order valence-electron chi connectivity index (χ2n) is 6.24. The van der Waals surface area contributed by atoms with Crippen LogP contribution in [0.2, 0.25) is 0 Å². The van der Waals surface area contributed by atoms with Crippen molar-refractivity contribution < 1.29 is 8.42 Å². The van der Waals surface area contributed by atoms with Crippen LogP contribution in [0.5, 0.6) is 0 Å². The van der Waals surface area contributed by atoms with E-state index in [1.165, 1.54) is 12.8 Å². The van der Waals surface area contributed by atoms with Crippen molar-refractivity contribution in [2.45, 2.75) is 51.1 Å². The van der Waals surface area contributed by atoms with Crippen LogP contribution in [0, 0.1) is 0 Å². The fraction of sp³-hybridized carbons (Fsp3) is 1.00. The van der Waals surface area contributed by atoms with E-state index in [0.717, 1.165) is 38.9 Å². The van der Waals surface area contributed by atoms with Crippen LogP contribution in [-0.4, -0.2) is 69.5 Å². The van der Waals surface area contributed by atoms with Gasteiger partial charge in [-0.3, -0.25) is 0 Å². The average Bonchev–Trinajstić information content (AvgIpc) is 3.29. The van der Waals surface area contributed by atoms with Crippen LogP contribution in [0.15, 0.2) is 0 Å². The van der Waals surface area contributed by atoms with Crippen LogP contribution in [0.25, 0.3) is 0 Å². The molecule has 2 rings (SSSR count). The monoisotopic (exact) mass is 318 g/mol. The lowest BCUT2D eigenvalue weighted by molar-refractivity contribution is 0.241. The first-order valence-corrected chi connectivity index (χ1v) is 9.65. The molecule has 0 amide bonds. The first-order valence-electron chi connectivity index (χ1n) is 8.21. The number of hydrogen-bond donors (Lipinski definition) is 2. The summed E-state index contributed by atoms with van der Waals surface area (Å²) in [5.41, 5.74) is 0. The largest absolute Gasteiger partial charge is 0.312 e. The summed E-state index contributed by atoms with van der Waals surface area (Å²) < 4.78 is 29.4. The zero-order valence-electron chi connectivity index (χ0n) is 13.3. The second-order valence-corrected chi connectivity index (χ2v) is 7.95. The lowest BCUT2D eigenvalue weighted by atomic mass is 10.1. The second kappa shape index (κ2) is 7.87. The van der Waals surface area contributed by atoms with Crippen LogP contribution >= 0.6 is 0 Å². The lowest BCUT2D eigenvalue weighted by Crippen LogP contribution is -2.53. The third-order valence-electron chi connectivity index (χ3n) is 4.42. The highest BCUT2D eigenvalue weighted by molar-refractivity contribution is 7.87. The van der Waals surface area contributed by atoms with Crippen LogP contribution in [-0.2, 0) is 10.2 Å². The Balaban J connectivity index is 1.84. The summed E-state index contributed by atoms with van der Waals surface area (Å²) in [6, 6.07) is 0.739. The molecule has 0 aromatic carbocycles. The normalized spacial score (nSPS) is 24.6. The van der Waals surface area contributed by atoms with E-state index in [9.17, 15) is 8.42 Å². The van der Waals surface area contributed by atoms with Crippen LogP contribution in [0.1, 0.15) is 39.0 Å². The van der Waals surface area contributed by atoms with Gasteiger partial charge in [0.25, 0.3) is 10.2 Å². The molecule has 0 aromatic heterocycles. The fourth-order valence-electron chi connectivity index (χ4n) is 2.69. The molecule has 1 saturated carbocycles. The average molecular weight is 318 g/mol. The van der Waals surface area contributed by atoms with Gasteiger partial charge in [0.1, 0.15) is 0 Å². The van der Waals surface area contributed by atoms with Crippen molar-refractivity contribution in [1.29, 1.82) is 0 Å². The van der Waals surface area contributed by atoms with E-state index in [1.54, 1.807) is 4.31 Å². The molecule has 0 bridgehead atoms. The molecule has 1 saturated heterocycles. The van der Waals surface area contributed by atoms with E-state index in [2.05, 4.69) is 21.9 Å². The fourth-order valence-corrected chi connectivity index (χ4v) is 4.15. The maximum Gasteiger partial charge on any atom is 0.279 e. The molecule has 2 N–H and O–H groups in total. The molecule has 1 unspecified atom stereocenters. The van der Waals surface area contributed by atoms with Crippen LogP contribution in [0.4, 0.5) is 0 Å². The van der Waals surface area contributed by atoms with Crippen molar-refractivity contribution in [2.75, 3.05) is 39.8 Å². The van der Waals surface area contributed by atoms with Gasteiger partial charge in [0.05, 0.1) is 0 Å². The molecule has 0 aromatic rings. The van der Waals surface area contributed by atoms with E-state index < -0.39 is 10.2 Å². The Morgan fingerprint density at radius 1 is 1.24 bits per heavy atom. The zero-order chi connectivity index (χ0) is 15.3. The van der Waals surface area contributed by atoms with E-state index >= 15 is 0 Å². The number of likely N-dealkylation sites (N-methyl/N-ethyl adjacent to an activating group) is 1. The standard InChI is InChI=1S/C14H30N4O2S/c1-3-17(2)11-9-16-21(19,20)18-10-5-4-6-14(18)12-15-13-7-8-13/h13-16H,3-12H2,1-2H3. The number of piperidine rings is 1. The van der Waals surface area contributed by atoms with Gasteiger partial charge in [0, 0.05) is 38.3 Å². The Morgan fingerprint density at radius 3 is 2.67 bits per heavy atom. The molecule has 1 aliphatic carbocycles. The summed E-state index contributed by atoms with van der Waals surface area (Å²) in [7, 11) is -1.35. The van der Waals surface area contributed by atoms with Crippen molar-refractivity contribution in [2.24, 2.45) is 0 Å². The van der Waals surface area contributed by atoms with E-state index in [-0.39, 0.29) is 6.04 Å². The Bertz CT molecular complexity index is 411. The molecule has 1 atom stereocenters. The van der Waals surface area contributed by atoms with E-state index in [4.69, 9.17) is 0 Å². The maximum absolute atomic E-state index is 12.5. The van der Waals surface area contributed by atoms with Crippen molar-refractivity contribution in [1.82, 2.24) is 19.2 Å². The minimum absolute atomic E-state index is 0.112. The first kappa shape index (κ1) is 17.1. The molecule has 1 aliphatic heterocycles. The third-order valence-corrected chi connectivity index (χ3v) is 6.09. The van der Waals surface area contributed by atoms with E-state index in [1.807, 2.05) is 7.05 Å². The highest BCUT2D eigenvalue weighted by Gasteiger charge is 2.33. The number of nitrogens with zero attached hydrogens (tertiary/aromatic N) is 2. The van der Waals surface area contributed by atoms with Crippen molar-refractivity contribution >= 4 is 10.2 Å². The van der Waals surface area contributed by atoms with Crippen LogP contribution in [0.3, 0.4) is 0 Å². The highest BCUT2D eigenvalue weighted by atomic mass is 32.2. The minimum Gasteiger partial charge on any atom is -0.312 e. The van der Waals surface area contributed by atoms with Gasteiger partial charge in [-0.1, -0.05) is 13.3 Å². The molecule has 0 spiro atoms. The van der Waals surface area contributed by atoms with Gasteiger partial charge >= 0.3 is 0 Å². The third kappa shape index (κ3) is 5.49. The summed E-state index contributed by atoms with van der Waals surface area (Å²) >= 11 is 0. The van der Waals surface area contributed by atoms with Crippen LogP contribution < -0.4 is 10.0 Å². The minimum atomic E-state index is -3.35. The lowest BCUT2D eigenvalue weighted by Gasteiger charge is -2.35. The Labute approximate surface area is 129 Å². The summed E-state index contributed by atoms with van der Waals surface area (Å²) in [6.45, 7) is 5.66. The summed E-state index contributed by atoms with van der Waals surface area (Å²) in [5, 5.41) is 3.47. The van der Waals surface area contributed by atoms with Gasteiger partial charge in [0.15, 0.2) is 0 Å². The molecule has 2 aliphatic rings. The summed E-state index contributed by atoms with van der Waals surface area (Å²) in [5.74, 6) is 0. The Morgan fingerprint density at radius 2 is 2.00 bits per heavy atom. The van der Waals surface area contributed by atoms with Crippen molar-refractivity contribution in [3.05, 3.63) is 0 Å². The molecule has 0 radical (unpaired) electrons. The molecule has 21 heavy (non-hydrogen) atoms. The van der Waals surface area contributed by atoms with Gasteiger partial charge in [-0.15, -0.1) is 0 Å².